The minimum atomic E-state index is -1.10. The number of urea groups is 1. The molecule has 12 nitrogen and oxygen atoms in total. The van der Waals surface area contributed by atoms with Crippen LogP contribution in [0.5, 0.6) is 11.5 Å². The van der Waals surface area contributed by atoms with Crippen molar-refractivity contribution in [3.05, 3.63) is 72.4 Å². The third-order valence-corrected chi connectivity index (χ3v) is 6.38. The highest BCUT2D eigenvalue weighted by Gasteiger charge is 2.27. The average Bonchev–Trinajstić information content (AvgIpc) is 2.97. The molecule has 0 saturated heterocycles. The minimum absolute atomic E-state index is 0.0941. The van der Waals surface area contributed by atoms with Crippen LogP contribution < -0.4 is 30.7 Å². The number of ether oxygens (including phenoxy) is 2. The van der Waals surface area contributed by atoms with Crippen molar-refractivity contribution in [2.24, 2.45) is 11.8 Å². The molecule has 1 heterocycles. The summed E-state index contributed by atoms with van der Waals surface area (Å²) >= 11 is 0. The van der Waals surface area contributed by atoms with E-state index in [0.717, 1.165) is 0 Å². The van der Waals surface area contributed by atoms with Crippen LogP contribution in [0.4, 0.5) is 22.0 Å². The number of carbonyl (C=O) groups is 4. The summed E-state index contributed by atoms with van der Waals surface area (Å²) in [5, 5.41) is 20.4. The molecule has 43 heavy (non-hydrogen) atoms. The van der Waals surface area contributed by atoms with Gasteiger partial charge in [-0.25, -0.2) is 9.78 Å². The molecule has 2 atom stereocenters. The van der Waals surface area contributed by atoms with E-state index >= 15 is 0 Å². The lowest BCUT2D eigenvalue weighted by Crippen LogP contribution is -2.37. The third kappa shape index (κ3) is 10.3. The molecule has 0 spiro atoms. The van der Waals surface area contributed by atoms with Gasteiger partial charge in [-0.1, -0.05) is 38.1 Å². The molecule has 228 valence electrons. The van der Waals surface area contributed by atoms with Crippen LogP contribution in [0.1, 0.15) is 44.7 Å². The Morgan fingerprint density at radius 3 is 2.16 bits per heavy atom. The molecule has 5 N–H and O–H groups in total. The lowest BCUT2D eigenvalue weighted by atomic mass is 9.92. The Balaban J connectivity index is 1.64. The predicted octanol–water partition coefficient (Wildman–Crippen LogP) is 5.07. The van der Waals surface area contributed by atoms with Gasteiger partial charge in [-0.2, -0.15) is 0 Å². The fourth-order valence-corrected chi connectivity index (χ4v) is 4.42. The van der Waals surface area contributed by atoms with E-state index in [-0.39, 0.29) is 24.6 Å². The molecule has 3 rings (SSSR count). The van der Waals surface area contributed by atoms with E-state index in [1.165, 1.54) is 26.5 Å². The van der Waals surface area contributed by atoms with Crippen LogP contribution in [0.15, 0.2) is 66.9 Å². The van der Waals surface area contributed by atoms with E-state index in [1.54, 1.807) is 48.5 Å². The molecule has 2 aromatic carbocycles. The van der Waals surface area contributed by atoms with E-state index in [1.807, 2.05) is 19.9 Å². The Labute approximate surface area is 250 Å². The van der Waals surface area contributed by atoms with Gasteiger partial charge < -0.3 is 30.5 Å². The van der Waals surface area contributed by atoms with Gasteiger partial charge in [0.2, 0.25) is 11.8 Å². The number of para-hydroxylation sites is 1. The fraction of sp³-hybridized carbons (Fsp3) is 0.323. The van der Waals surface area contributed by atoms with Crippen molar-refractivity contribution >= 4 is 41.0 Å². The van der Waals surface area contributed by atoms with E-state index in [2.05, 4.69) is 26.3 Å². The molecular weight excluding hydrogens is 554 g/mol. The minimum Gasteiger partial charge on any atom is -0.493 e. The van der Waals surface area contributed by atoms with Crippen LogP contribution >= 0.6 is 0 Å². The second-order valence-electron chi connectivity index (χ2n) is 10.2. The second-order valence-corrected chi connectivity index (χ2v) is 10.2. The molecule has 0 aliphatic carbocycles. The van der Waals surface area contributed by atoms with Gasteiger partial charge in [-0.05, 0) is 54.3 Å². The average molecular weight is 592 g/mol. The first kappa shape index (κ1) is 32.4. The fourth-order valence-electron chi connectivity index (χ4n) is 4.42. The number of nitrogens with one attached hydrogen (secondary N) is 4. The number of pyridine rings is 1. The Bertz CT molecular complexity index is 1400. The summed E-state index contributed by atoms with van der Waals surface area (Å²) < 4.78 is 10.6. The normalized spacial score (nSPS) is 12.0. The Morgan fingerprint density at radius 1 is 0.837 bits per heavy atom. The first-order valence-electron chi connectivity index (χ1n) is 13.7. The van der Waals surface area contributed by atoms with Crippen LogP contribution in [-0.2, 0) is 14.4 Å². The quantitative estimate of drug-likeness (QED) is 0.173. The molecule has 0 aliphatic heterocycles. The van der Waals surface area contributed by atoms with Crippen LogP contribution in [0.2, 0.25) is 0 Å². The second kappa shape index (κ2) is 15.8. The zero-order valence-corrected chi connectivity index (χ0v) is 24.5. The molecule has 1 aromatic heterocycles. The number of hydrogen-bond donors (Lipinski definition) is 5. The maximum atomic E-state index is 13.4. The summed E-state index contributed by atoms with van der Waals surface area (Å²) in [7, 11) is 2.95. The zero-order valence-electron chi connectivity index (χ0n) is 24.5. The number of carboxylic acid groups (broad SMARTS) is 1. The van der Waals surface area contributed by atoms with Crippen molar-refractivity contribution < 1.29 is 33.8 Å². The van der Waals surface area contributed by atoms with Crippen LogP contribution in [0.25, 0.3) is 0 Å². The van der Waals surface area contributed by atoms with E-state index < -0.39 is 35.8 Å². The van der Waals surface area contributed by atoms with E-state index in [0.29, 0.717) is 34.9 Å². The van der Waals surface area contributed by atoms with Gasteiger partial charge in [0.1, 0.15) is 5.82 Å². The molecule has 0 bridgehead atoms. The Hall–Kier alpha value is -5.13. The Kier molecular flexibility index (Phi) is 11.9. The van der Waals surface area contributed by atoms with Gasteiger partial charge in [0.15, 0.2) is 11.5 Å². The lowest BCUT2D eigenvalue weighted by molar-refractivity contribution is -0.138. The number of methoxy groups -OCH3 is 2. The van der Waals surface area contributed by atoms with Crippen molar-refractivity contribution in [1.82, 2.24) is 10.3 Å². The third-order valence-electron chi connectivity index (χ3n) is 6.38. The summed E-state index contributed by atoms with van der Waals surface area (Å²) in [6.07, 6.45) is 1.31. The van der Waals surface area contributed by atoms with E-state index in [9.17, 15) is 24.3 Å². The molecule has 0 fully saturated rings. The van der Waals surface area contributed by atoms with Gasteiger partial charge in [-0.3, -0.25) is 19.7 Å². The summed E-state index contributed by atoms with van der Waals surface area (Å²) in [6, 6.07) is 15.7. The molecule has 4 amide bonds. The summed E-state index contributed by atoms with van der Waals surface area (Å²) in [5.74, 6) is -1.42. The number of carboxylic acids is 1. The highest BCUT2D eigenvalue weighted by Crippen LogP contribution is 2.31. The van der Waals surface area contributed by atoms with Gasteiger partial charge in [-0.15, -0.1) is 0 Å². The number of carbonyl (C=O) groups excluding carboxylic acids is 3. The van der Waals surface area contributed by atoms with Crippen molar-refractivity contribution in [3.63, 3.8) is 0 Å². The number of aromatic nitrogens is 1. The number of nitrogens with zero attached hydrogens (tertiary/aromatic N) is 1. The summed E-state index contributed by atoms with van der Waals surface area (Å²) in [6.45, 7) is 3.87. The topological polar surface area (TPSA) is 168 Å². The predicted molar refractivity (Wildman–Crippen MR) is 162 cm³/mol. The molecule has 0 unspecified atom stereocenters. The van der Waals surface area contributed by atoms with Crippen LogP contribution in [0, 0.1) is 11.8 Å². The summed E-state index contributed by atoms with van der Waals surface area (Å²) in [5.41, 5.74) is 1.54. The number of amides is 4. The van der Waals surface area contributed by atoms with Gasteiger partial charge in [0, 0.05) is 18.0 Å². The van der Waals surface area contributed by atoms with Gasteiger partial charge >= 0.3 is 12.0 Å². The number of rotatable bonds is 14. The smallest absolute Gasteiger partial charge is 0.324 e. The molecule has 0 saturated carbocycles. The van der Waals surface area contributed by atoms with Crippen molar-refractivity contribution in [1.29, 1.82) is 0 Å². The largest absolute Gasteiger partial charge is 0.493 e. The van der Waals surface area contributed by atoms with E-state index in [4.69, 9.17) is 9.47 Å². The van der Waals surface area contributed by atoms with Gasteiger partial charge in [0.25, 0.3) is 0 Å². The standard InChI is InChI=1S/C31H37N5O7/c1-19(2)14-21(30(40)35-24(17-29(38)39)20-10-12-25(42-3)26(15-20)43-4)16-28(37)33-23-11-13-27(32-18-23)36-31(41)34-22-8-6-5-7-9-22/h5-13,15,18-19,21,24H,14,16-17H2,1-4H3,(H,33,37)(H,35,40)(H,38,39)(H2,32,34,36,41)/t21-,24+/m1/s1. The summed E-state index contributed by atoms with van der Waals surface area (Å²) in [4.78, 5) is 54.3. The highest BCUT2D eigenvalue weighted by molar-refractivity contribution is 5.99. The first-order chi connectivity index (χ1) is 20.6. The monoisotopic (exact) mass is 591 g/mol. The van der Waals surface area contributed by atoms with Crippen molar-refractivity contribution in [3.8, 4) is 11.5 Å². The van der Waals surface area contributed by atoms with Gasteiger partial charge in [0.05, 0.1) is 38.6 Å². The number of benzene rings is 2. The maximum Gasteiger partial charge on any atom is 0.324 e. The number of anilines is 3. The number of hydrogen-bond acceptors (Lipinski definition) is 7. The van der Waals surface area contributed by atoms with Crippen LogP contribution in [0.3, 0.4) is 0 Å². The zero-order chi connectivity index (χ0) is 31.4. The Morgan fingerprint density at radius 2 is 1.56 bits per heavy atom. The molecule has 3 aromatic rings. The van der Waals surface area contributed by atoms with Crippen molar-refractivity contribution in [2.75, 3.05) is 30.2 Å². The molecule has 0 radical (unpaired) electrons. The van der Waals surface area contributed by atoms with Crippen LogP contribution in [-0.4, -0.2) is 48.1 Å². The molecule has 0 aliphatic rings. The number of aliphatic carboxylic acids is 1. The first-order valence-corrected chi connectivity index (χ1v) is 13.7. The lowest BCUT2D eigenvalue weighted by Gasteiger charge is -2.24. The SMILES string of the molecule is COc1ccc([C@H](CC(=O)O)NC(=O)[C@@H](CC(=O)Nc2ccc(NC(=O)Nc3ccccc3)nc2)CC(C)C)cc1OC. The molecule has 12 heteroatoms. The highest BCUT2D eigenvalue weighted by atomic mass is 16.5. The maximum absolute atomic E-state index is 13.4. The molecular formula is C31H37N5O7. The van der Waals surface area contributed by atoms with Crippen molar-refractivity contribution in [2.45, 2.75) is 39.2 Å².